The fraction of sp³-hybridized carbons (Fsp3) is 0.130. The highest BCUT2D eigenvalue weighted by Crippen LogP contribution is 2.37. The fourth-order valence-corrected chi connectivity index (χ4v) is 4.12. The molecule has 0 bridgehead atoms. The van der Waals surface area contributed by atoms with Gasteiger partial charge in [-0.25, -0.2) is 4.98 Å². The van der Waals surface area contributed by atoms with Gasteiger partial charge in [0.2, 0.25) is 0 Å². The molecule has 3 aromatic heterocycles. The van der Waals surface area contributed by atoms with Gasteiger partial charge in [0, 0.05) is 16.1 Å². The van der Waals surface area contributed by atoms with Gasteiger partial charge in [0.25, 0.3) is 5.91 Å². The monoisotopic (exact) mass is 403 g/mol. The van der Waals surface area contributed by atoms with Crippen LogP contribution in [-0.2, 0) is 0 Å². The van der Waals surface area contributed by atoms with E-state index in [1.54, 1.807) is 23.5 Å². The summed E-state index contributed by atoms with van der Waals surface area (Å²) in [4.78, 5) is 18.3. The molecule has 146 valence electrons. The van der Waals surface area contributed by atoms with Crippen LogP contribution in [0.3, 0.4) is 0 Å². The lowest BCUT2D eigenvalue weighted by Crippen LogP contribution is -2.17. The Morgan fingerprint density at radius 3 is 2.59 bits per heavy atom. The number of nitrogens with one attached hydrogen (secondary N) is 2. The number of nitrogens with zero attached hydrogens (tertiary/aromatic N) is 1. The van der Waals surface area contributed by atoms with E-state index >= 15 is 0 Å². The Hall–Kier alpha value is -3.38. The van der Waals surface area contributed by atoms with Crippen molar-refractivity contribution >= 4 is 28.1 Å². The quantitative estimate of drug-likeness (QED) is 0.426. The molecule has 1 atom stereocenters. The zero-order chi connectivity index (χ0) is 20.2. The van der Waals surface area contributed by atoms with Crippen LogP contribution in [0.15, 0.2) is 77.4 Å². The summed E-state index contributed by atoms with van der Waals surface area (Å²) in [5, 5.41) is 7.33. The molecule has 29 heavy (non-hydrogen) atoms. The summed E-state index contributed by atoms with van der Waals surface area (Å²) in [5.41, 5.74) is 3.01. The molecule has 0 aliphatic rings. The maximum absolute atomic E-state index is 12.6. The largest absolute Gasteiger partial charge is 0.459 e. The molecular weight excluding hydrogens is 382 g/mol. The maximum atomic E-state index is 12.6. The first kappa shape index (κ1) is 19.0. The summed E-state index contributed by atoms with van der Waals surface area (Å²) in [6, 6.07) is 21.3. The average molecular weight is 404 g/mol. The first-order chi connectivity index (χ1) is 14.1. The zero-order valence-corrected chi connectivity index (χ0v) is 17.0. The topological polar surface area (TPSA) is 67.2 Å². The molecule has 0 unspecified atom stereocenters. The lowest BCUT2D eigenvalue weighted by atomic mass is 10.00. The van der Waals surface area contributed by atoms with Crippen LogP contribution in [-0.4, -0.2) is 10.9 Å². The Morgan fingerprint density at radius 1 is 1.03 bits per heavy atom. The third-order valence-corrected chi connectivity index (χ3v) is 5.46. The number of thiophene rings is 1. The highest BCUT2D eigenvalue weighted by Gasteiger charge is 2.22. The molecule has 2 N–H and O–H groups in total. The van der Waals surface area contributed by atoms with Crippen LogP contribution in [0.4, 0.5) is 10.8 Å². The lowest BCUT2D eigenvalue weighted by molar-refractivity contribution is 0.0997. The van der Waals surface area contributed by atoms with Crippen molar-refractivity contribution < 1.29 is 9.21 Å². The van der Waals surface area contributed by atoms with E-state index in [4.69, 9.17) is 4.42 Å². The van der Waals surface area contributed by atoms with Crippen molar-refractivity contribution in [3.8, 4) is 0 Å². The summed E-state index contributed by atoms with van der Waals surface area (Å²) in [6.45, 7) is 4.00. The number of pyridine rings is 1. The van der Waals surface area contributed by atoms with E-state index in [0.717, 1.165) is 32.5 Å². The second kappa shape index (κ2) is 8.32. The van der Waals surface area contributed by atoms with Crippen LogP contribution in [0.25, 0.3) is 0 Å². The van der Waals surface area contributed by atoms with Gasteiger partial charge >= 0.3 is 0 Å². The highest BCUT2D eigenvalue weighted by molar-refractivity contribution is 7.16. The van der Waals surface area contributed by atoms with Gasteiger partial charge in [0.1, 0.15) is 10.8 Å². The minimum absolute atomic E-state index is 0.164. The number of hydrogen-bond donors (Lipinski definition) is 2. The van der Waals surface area contributed by atoms with E-state index in [2.05, 4.69) is 33.8 Å². The first-order valence-corrected chi connectivity index (χ1v) is 10.1. The predicted molar refractivity (Wildman–Crippen MR) is 117 cm³/mol. The highest BCUT2D eigenvalue weighted by atomic mass is 32.1. The molecule has 0 saturated heterocycles. The number of aryl methyl sites for hydroxylation is 2. The van der Waals surface area contributed by atoms with Crippen LogP contribution in [0.1, 0.15) is 38.3 Å². The standard InChI is InChI=1S/C23H21N3O2S/c1-15-8-6-12-20(24-15)25-21(17-9-4-3-5-10-17)18-14-16(2)29-23(18)26-22(27)19-11-7-13-28-19/h3-14,21H,1-2H3,(H,24,25)(H,26,27)/t21-/m1/s1. The molecule has 1 amide bonds. The molecule has 3 heterocycles. The fourth-order valence-electron chi connectivity index (χ4n) is 3.18. The van der Waals surface area contributed by atoms with Gasteiger partial charge in [-0.2, -0.15) is 0 Å². The molecule has 0 saturated carbocycles. The van der Waals surface area contributed by atoms with Crippen molar-refractivity contribution in [2.45, 2.75) is 19.9 Å². The molecule has 5 nitrogen and oxygen atoms in total. The van der Waals surface area contributed by atoms with E-state index in [9.17, 15) is 4.79 Å². The number of amides is 1. The van der Waals surface area contributed by atoms with Crippen LogP contribution in [0.5, 0.6) is 0 Å². The Labute approximate surface area is 173 Å². The van der Waals surface area contributed by atoms with Gasteiger partial charge in [-0.3, -0.25) is 4.79 Å². The second-order valence-corrected chi connectivity index (χ2v) is 7.98. The Bertz CT molecular complexity index is 1100. The number of aromatic nitrogens is 1. The maximum Gasteiger partial charge on any atom is 0.291 e. The minimum Gasteiger partial charge on any atom is -0.459 e. The number of carbonyl (C=O) groups excluding carboxylic acids is 1. The van der Waals surface area contributed by atoms with Gasteiger partial charge in [0.15, 0.2) is 5.76 Å². The molecule has 0 fully saturated rings. The normalized spacial score (nSPS) is 11.8. The van der Waals surface area contributed by atoms with Crippen molar-refractivity contribution in [2.24, 2.45) is 0 Å². The van der Waals surface area contributed by atoms with Crippen molar-refractivity contribution in [3.63, 3.8) is 0 Å². The van der Waals surface area contributed by atoms with Crippen molar-refractivity contribution in [1.29, 1.82) is 0 Å². The SMILES string of the molecule is Cc1cccc(N[C@H](c2ccccc2)c2cc(C)sc2NC(=O)c2ccco2)n1. The van der Waals surface area contributed by atoms with Crippen molar-refractivity contribution in [2.75, 3.05) is 10.6 Å². The molecule has 1 aromatic carbocycles. The molecule has 0 aliphatic heterocycles. The summed E-state index contributed by atoms with van der Waals surface area (Å²) >= 11 is 1.54. The molecule has 0 aliphatic carbocycles. The molecule has 0 radical (unpaired) electrons. The van der Waals surface area contributed by atoms with Crippen LogP contribution < -0.4 is 10.6 Å². The van der Waals surface area contributed by atoms with E-state index in [1.165, 1.54) is 6.26 Å². The lowest BCUT2D eigenvalue weighted by Gasteiger charge is -2.21. The summed E-state index contributed by atoms with van der Waals surface area (Å²) in [7, 11) is 0. The van der Waals surface area contributed by atoms with Crippen molar-refractivity contribution in [1.82, 2.24) is 4.98 Å². The van der Waals surface area contributed by atoms with Crippen molar-refractivity contribution in [3.05, 3.63) is 100 Å². The Balaban J connectivity index is 1.72. The van der Waals surface area contributed by atoms with Crippen LogP contribution >= 0.6 is 11.3 Å². The average Bonchev–Trinajstić information content (AvgIpc) is 3.37. The van der Waals surface area contributed by atoms with Gasteiger partial charge in [-0.1, -0.05) is 36.4 Å². The predicted octanol–water partition coefficient (Wildman–Crippen LogP) is 5.81. The molecular formula is C23H21N3O2S. The molecule has 0 spiro atoms. The number of anilines is 2. The molecule has 6 heteroatoms. The van der Waals surface area contributed by atoms with E-state index in [-0.39, 0.29) is 17.7 Å². The van der Waals surface area contributed by atoms with Gasteiger partial charge < -0.3 is 15.1 Å². The second-order valence-electron chi connectivity index (χ2n) is 6.73. The number of hydrogen-bond acceptors (Lipinski definition) is 5. The van der Waals surface area contributed by atoms with E-state index in [1.807, 2.05) is 50.2 Å². The summed E-state index contributed by atoms with van der Waals surface area (Å²) < 4.78 is 5.24. The Morgan fingerprint density at radius 2 is 1.86 bits per heavy atom. The Kier molecular flexibility index (Phi) is 5.44. The van der Waals surface area contributed by atoms with Gasteiger partial charge in [-0.05, 0) is 49.7 Å². The number of furan rings is 1. The number of carbonyl (C=O) groups is 1. The smallest absolute Gasteiger partial charge is 0.291 e. The molecule has 4 rings (SSSR count). The zero-order valence-electron chi connectivity index (χ0n) is 16.2. The minimum atomic E-state index is -0.265. The van der Waals surface area contributed by atoms with Gasteiger partial charge in [-0.15, -0.1) is 11.3 Å². The van der Waals surface area contributed by atoms with Gasteiger partial charge in [0.05, 0.1) is 12.3 Å². The molecule has 4 aromatic rings. The number of rotatable bonds is 6. The summed E-state index contributed by atoms with van der Waals surface area (Å²) in [6.07, 6.45) is 1.49. The number of benzene rings is 1. The summed E-state index contributed by atoms with van der Waals surface area (Å²) in [5.74, 6) is 0.802. The third-order valence-electron chi connectivity index (χ3n) is 4.48. The van der Waals surface area contributed by atoms with E-state index < -0.39 is 0 Å². The van der Waals surface area contributed by atoms with E-state index in [0.29, 0.717) is 0 Å². The third kappa shape index (κ3) is 4.38. The van der Waals surface area contributed by atoms with Crippen LogP contribution in [0.2, 0.25) is 0 Å². The van der Waals surface area contributed by atoms with Crippen LogP contribution in [0, 0.1) is 13.8 Å². The first-order valence-electron chi connectivity index (χ1n) is 9.30.